The Morgan fingerprint density at radius 2 is 1.95 bits per heavy atom. The Labute approximate surface area is 110 Å². The highest BCUT2D eigenvalue weighted by Crippen LogP contribution is 2.46. The van der Waals surface area contributed by atoms with Gasteiger partial charge in [0, 0.05) is 17.9 Å². The fraction of sp³-hybridized carbons (Fsp3) is 0.500. The SMILES string of the molecule is CC(C)C(=O)N[C@@H]1C[C@H]1c1ccccc1C(F)(F)F. The van der Waals surface area contributed by atoms with E-state index in [0.717, 1.165) is 6.07 Å². The maximum Gasteiger partial charge on any atom is 0.416 e. The average Bonchev–Trinajstić information content (AvgIpc) is 3.07. The van der Waals surface area contributed by atoms with E-state index in [9.17, 15) is 18.0 Å². The van der Waals surface area contributed by atoms with Gasteiger partial charge >= 0.3 is 6.18 Å². The number of carbonyl (C=O) groups excluding carboxylic acids is 1. The van der Waals surface area contributed by atoms with E-state index < -0.39 is 11.7 Å². The molecule has 1 aromatic rings. The normalized spacial score (nSPS) is 22.4. The molecule has 0 unspecified atom stereocenters. The van der Waals surface area contributed by atoms with Crippen molar-refractivity contribution in [3.8, 4) is 0 Å². The number of rotatable bonds is 3. The molecule has 0 spiro atoms. The van der Waals surface area contributed by atoms with Crippen molar-refractivity contribution in [2.24, 2.45) is 5.92 Å². The number of amides is 1. The van der Waals surface area contributed by atoms with Crippen molar-refractivity contribution in [3.63, 3.8) is 0 Å². The first-order valence-corrected chi connectivity index (χ1v) is 6.27. The third kappa shape index (κ3) is 3.08. The van der Waals surface area contributed by atoms with E-state index in [1.165, 1.54) is 12.1 Å². The Hall–Kier alpha value is -1.52. The minimum Gasteiger partial charge on any atom is -0.353 e. The Balaban J connectivity index is 2.12. The lowest BCUT2D eigenvalue weighted by Crippen LogP contribution is -2.30. The monoisotopic (exact) mass is 271 g/mol. The fourth-order valence-electron chi connectivity index (χ4n) is 2.13. The first kappa shape index (κ1) is 13.9. The summed E-state index contributed by atoms with van der Waals surface area (Å²) in [5.41, 5.74) is -0.314. The maximum absolute atomic E-state index is 12.9. The van der Waals surface area contributed by atoms with E-state index >= 15 is 0 Å². The van der Waals surface area contributed by atoms with E-state index in [0.29, 0.717) is 6.42 Å². The number of hydrogen-bond donors (Lipinski definition) is 1. The van der Waals surface area contributed by atoms with Crippen molar-refractivity contribution in [3.05, 3.63) is 35.4 Å². The summed E-state index contributed by atoms with van der Waals surface area (Å²) in [6.45, 7) is 3.52. The van der Waals surface area contributed by atoms with Crippen LogP contribution in [0.2, 0.25) is 0 Å². The molecular formula is C14H16F3NO. The van der Waals surface area contributed by atoms with Crippen molar-refractivity contribution >= 4 is 5.91 Å². The standard InChI is InChI=1S/C14H16F3NO/c1-8(2)13(19)18-12-7-10(12)9-5-3-4-6-11(9)14(15,16)17/h3-6,8,10,12H,7H2,1-2H3,(H,18,19)/t10-,12+/m0/s1. The second-order valence-electron chi connectivity index (χ2n) is 5.20. The molecule has 2 nitrogen and oxygen atoms in total. The smallest absolute Gasteiger partial charge is 0.353 e. The molecule has 2 rings (SSSR count). The molecule has 0 bridgehead atoms. The zero-order valence-corrected chi connectivity index (χ0v) is 10.8. The molecule has 0 aromatic heterocycles. The average molecular weight is 271 g/mol. The summed E-state index contributed by atoms with van der Waals surface area (Å²) in [7, 11) is 0. The van der Waals surface area contributed by atoms with Gasteiger partial charge in [0.05, 0.1) is 5.56 Å². The van der Waals surface area contributed by atoms with Gasteiger partial charge in [-0.25, -0.2) is 0 Å². The van der Waals surface area contributed by atoms with Gasteiger partial charge in [-0.2, -0.15) is 13.2 Å². The van der Waals surface area contributed by atoms with Crippen LogP contribution >= 0.6 is 0 Å². The lowest BCUT2D eigenvalue weighted by molar-refractivity contribution is -0.138. The summed E-state index contributed by atoms with van der Waals surface area (Å²) >= 11 is 0. The lowest BCUT2D eigenvalue weighted by atomic mass is 10.0. The van der Waals surface area contributed by atoms with Gasteiger partial charge in [-0.3, -0.25) is 4.79 Å². The van der Waals surface area contributed by atoms with Crippen molar-refractivity contribution in [2.75, 3.05) is 0 Å². The summed E-state index contributed by atoms with van der Waals surface area (Å²) in [4.78, 5) is 11.5. The largest absolute Gasteiger partial charge is 0.416 e. The van der Waals surface area contributed by atoms with Crippen LogP contribution in [-0.2, 0) is 11.0 Å². The molecule has 1 N–H and O–H groups in total. The summed E-state index contributed by atoms with van der Waals surface area (Å²) < 4.78 is 38.6. The van der Waals surface area contributed by atoms with E-state index in [2.05, 4.69) is 5.32 Å². The summed E-state index contributed by atoms with van der Waals surface area (Å²) in [6, 6.07) is 5.41. The highest BCUT2D eigenvalue weighted by molar-refractivity contribution is 5.78. The van der Waals surface area contributed by atoms with Crippen LogP contribution in [0.25, 0.3) is 0 Å². The van der Waals surface area contributed by atoms with Crippen LogP contribution < -0.4 is 5.32 Å². The molecule has 19 heavy (non-hydrogen) atoms. The molecule has 5 heteroatoms. The first-order valence-electron chi connectivity index (χ1n) is 6.27. The van der Waals surface area contributed by atoms with E-state index in [1.807, 2.05) is 0 Å². The molecule has 1 saturated carbocycles. The molecule has 0 heterocycles. The highest BCUT2D eigenvalue weighted by Gasteiger charge is 2.44. The third-order valence-electron chi connectivity index (χ3n) is 3.31. The number of alkyl halides is 3. The topological polar surface area (TPSA) is 29.1 Å². The van der Waals surface area contributed by atoms with Gasteiger partial charge in [-0.15, -0.1) is 0 Å². The molecule has 0 aliphatic heterocycles. The van der Waals surface area contributed by atoms with Crippen LogP contribution in [-0.4, -0.2) is 11.9 Å². The van der Waals surface area contributed by atoms with Gasteiger partial charge in [0.2, 0.25) is 5.91 Å². The lowest BCUT2D eigenvalue weighted by Gasteiger charge is -2.13. The molecule has 0 saturated heterocycles. The number of hydrogen-bond acceptors (Lipinski definition) is 1. The van der Waals surface area contributed by atoms with E-state index in [-0.39, 0.29) is 29.3 Å². The van der Waals surface area contributed by atoms with Crippen molar-refractivity contribution < 1.29 is 18.0 Å². The predicted octanol–water partition coefficient (Wildman–Crippen LogP) is 3.33. The minimum absolute atomic E-state index is 0.114. The Bertz CT molecular complexity index is 482. The molecule has 1 aliphatic carbocycles. The Kier molecular flexibility index (Phi) is 3.56. The summed E-state index contributed by atoms with van der Waals surface area (Å²) in [5.74, 6) is -0.489. The third-order valence-corrected chi connectivity index (χ3v) is 3.31. The quantitative estimate of drug-likeness (QED) is 0.897. The van der Waals surface area contributed by atoms with Crippen molar-refractivity contribution in [1.29, 1.82) is 0 Å². The molecule has 1 aliphatic rings. The second-order valence-corrected chi connectivity index (χ2v) is 5.20. The summed E-state index contributed by atoms with van der Waals surface area (Å²) in [5, 5.41) is 2.77. The molecule has 0 radical (unpaired) electrons. The molecule has 104 valence electrons. The van der Waals surface area contributed by atoms with Crippen LogP contribution in [0.15, 0.2) is 24.3 Å². The van der Waals surface area contributed by atoms with Crippen LogP contribution in [0.5, 0.6) is 0 Å². The minimum atomic E-state index is -4.34. The van der Waals surface area contributed by atoms with Crippen LogP contribution in [0.3, 0.4) is 0 Å². The second kappa shape index (κ2) is 4.87. The van der Waals surface area contributed by atoms with Gasteiger partial charge < -0.3 is 5.32 Å². The number of benzene rings is 1. The number of nitrogens with one attached hydrogen (secondary N) is 1. The zero-order chi connectivity index (χ0) is 14.2. The van der Waals surface area contributed by atoms with Crippen LogP contribution in [0.1, 0.15) is 37.3 Å². The van der Waals surface area contributed by atoms with Crippen LogP contribution in [0, 0.1) is 5.92 Å². The van der Waals surface area contributed by atoms with Gasteiger partial charge in [0.1, 0.15) is 0 Å². The van der Waals surface area contributed by atoms with Gasteiger partial charge in [-0.1, -0.05) is 32.0 Å². The Morgan fingerprint density at radius 1 is 1.32 bits per heavy atom. The van der Waals surface area contributed by atoms with Gasteiger partial charge in [0.25, 0.3) is 0 Å². The zero-order valence-electron chi connectivity index (χ0n) is 10.8. The van der Waals surface area contributed by atoms with Crippen LogP contribution in [0.4, 0.5) is 13.2 Å². The molecule has 1 fully saturated rings. The summed E-state index contributed by atoms with van der Waals surface area (Å²) in [6.07, 6.45) is -3.77. The van der Waals surface area contributed by atoms with Gasteiger partial charge in [0.15, 0.2) is 0 Å². The molecule has 2 atom stereocenters. The molecule has 1 aromatic carbocycles. The molecule has 1 amide bonds. The number of carbonyl (C=O) groups is 1. The van der Waals surface area contributed by atoms with Crippen molar-refractivity contribution in [2.45, 2.75) is 38.4 Å². The maximum atomic E-state index is 12.9. The fourth-order valence-corrected chi connectivity index (χ4v) is 2.13. The van der Waals surface area contributed by atoms with E-state index in [1.54, 1.807) is 19.9 Å². The van der Waals surface area contributed by atoms with Crippen molar-refractivity contribution in [1.82, 2.24) is 5.32 Å². The predicted molar refractivity (Wildman–Crippen MR) is 65.6 cm³/mol. The first-order chi connectivity index (χ1) is 8.80. The van der Waals surface area contributed by atoms with Gasteiger partial charge in [-0.05, 0) is 18.1 Å². The van der Waals surface area contributed by atoms with E-state index in [4.69, 9.17) is 0 Å². The Morgan fingerprint density at radius 3 is 2.53 bits per heavy atom. The number of halogens is 3. The highest BCUT2D eigenvalue weighted by atomic mass is 19.4. The molecular weight excluding hydrogens is 255 g/mol.